The average Bonchev–Trinajstić information content (AvgIpc) is 1.15. The second-order valence-corrected chi connectivity index (χ2v) is 26.5. The lowest BCUT2D eigenvalue weighted by Gasteiger charge is -2.38. The summed E-state index contributed by atoms with van der Waals surface area (Å²) in [6.07, 6.45) is 0.618. The van der Waals surface area contributed by atoms with E-state index in [1.54, 1.807) is 62.9 Å². The second kappa shape index (κ2) is 34.3. The highest BCUT2D eigenvalue weighted by atomic mass is 16.5. The predicted molar refractivity (Wildman–Crippen MR) is 334 cm³/mol. The van der Waals surface area contributed by atoms with Crippen LogP contribution in [0.3, 0.4) is 0 Å². The Morgan fingerprint density at radius 1 is 0.625 bits per heavy atom. The third-order valence-corrected chi connectivity index (χ3v) is 16.9. The Balaban J connectivity index is 2.30. The van der Waals surface area contributed by atoms with Crippen molar-refractivity contribution in [3.05, 3.63) is 35.9 Å². The van der Waals surface area contributed by atoms with Crippen LogP contribution in [0, 0.1) is 23.7 Å². The first-order valence-electron chi connectivity index (χ1n) is 31.4. The van der Waals surface area contributed by atoms with Crippen molar-refractivity contribution in [2.24, 2.45) is 23.7 Å². The van der Waals surface area contributed by atoms with E-state index in [1.807, 2.05) is 48.5 Å². The van der Waals surface area contributed by atoms with E-state index < -0.39 is 150 Å². The zero-order valence-electron chi connectivity index (χ0n) is 56.1. The van der Waals surface area contributed by atoms with Gasteiger partial charge in [0.2, 0.25) is 65.0 Å². The normalized spacial score (nSPS) is 26.2. The Morgan fingerprint density at radius 2 is 1.18 bits per heavy atom. The Labute approximate surface area is 523 Å². The SMILES string of the molecule is CC[C@H](C)[C@H]1C(=O)N[C@H](C(=O)N2CCCCC2)CC(=O)N[C@H](C(C)C)CC(=O)N(C)[C@@H](CC(C)C)C(=O)N(C)[C@@H](Cc2ccccc2)C(=O)N(C)[C@@H](C)C(=O)N[C@@H]([C@@H](C)O)C(=O)N(C)CC(=O)N(C)[C@@H](CC(C)C)C(=O)N[C@@H](COC(C)(C)C)C(=O)N1C. The van der Waals surface area contributed by atoms with Gasteiger partial charge in [0.25, 0.3) is 0 Å². The van der Waals surface area contributed by atoms with E-state index in [4.69, 9.17) is 4.74 Å². The quantitative estimate of drug-likeness (QED) is 0.190. The summed E-state index contributed by atoms with van der Waals surface area (Å²) in [7, 11) is 8.39. The zero-order chi connectivity index (χ0) is 66.8. The van der Waals surface area contributed by atoms with Crippen LogP contribution in [0.1, 0.15) is 147 Å². The van der Waals surface area contributed by atoms with Gasteiger partial charge in [-0.05, 0) is 96.0 Å². The molecule has 11 atom stereocenters. The largest absolute Gasteiger partial charge is 0.391 e. The summed E-state index contributed by atoms with van der Waals surface area (Å²) in [5.74, 6) is -8.78. The molecule has 3 rings (SSSR count). The summed E-state index contributed by atoms with van der Waals surface area (Å²) in [5.41, 5.74) is -0.140. The van der Waals surface area contributed by atoms with Crippen LogP contribution in [0.25, 0.3) is 0 Å². The third-order valence-electron chi connectivity index (χ3n) is 16.9. The molecule has 0 saturated carbocycles. The molecule has 0 aliphatic carbocycles. The van der Waals surface area contributed by atoms with Gasteiger partial charge in [0.1, 0.15) is 48.3 Å². The minimum atomic E-state index is -1.63. The fraction of sp³-hybridized carbons (Fsp3) is 0.734. The molecule has 0 radical (unpaired) electrons. The standard InChI is InChI=1S/C64H107N11O13/c1-20-41(8)55-58(82)66-46(60(84)75-29-25-22-26-30-75)34-51(77)65-45(40(6)7)35-52(78)72(17)49(32-39(4)5)62(86)73(18)50(33-44-27-23-21-24-28-44)61(85)70(15)42(9)56(80)68-54(43(10)76)63(87)69(14)36-53(79)71(16)48(31-38(2)3)57(81)67-47(59(83)74(55)19)37-88-64(11,12)13/h21,23-24,27-28,38-43,45-50,54-55,76H,20,22,25-26,29-37H2,1-19H3,(H,65,77)(H,66,82)(H,67,81)(H,68,80)/t41-,42-,43+,45-,46-,47-,48-,49-,50-,54-,55-/m0/s1. The van der Waals surface area contributed by atoms with Crippen LogP contribution >= 0.6 is 0 Å². The zero-order valence-corrected chi connectivity index (χ0v) is 56.1. The Bertz CT molecular complexity index is 2550. The first-order valence-corrected chi connectivity index (χ1v) is 31.4. The van der Waals surface area contributed by atoms with Gasteiger partial charge in [-0.15, -0.1) is 0 Å². The van der Waals surface area contributed by atoms with Crippen LogP contribution in [0.15, 0.2) is 30.3 Å². The highest BCUT2D eigenvalue weighted by Crippen LogP contribution is 2.23. The molecule has 1 aromatic carbocycles. The molecule has 0 spiro atoms. The minimum absolute atomic E-state index is 0.00311. The van der Waals surface area contributed by atoms with Crippen LogP contribution in [0.4, 0.5) is 0 Å². The van der Waals surface area contributed by atoms with Crippen molar-refractivity contribution in [3.63, 3.8) is 0 Å². The third kappa shape index (κ3) is 21.8. The van der Waals surface area contributed by atoms with Gasteiger partial charge in [-0.25, -0.2) is 0 Å². The molecule has 24 heteroatoms. The topological polar surface area (TPSA) is 288 Å². The number of rotatable bonds is 13. The molecule has 496 valence electrons. The van der Waals surface area contributed by atoms with Crippen LogP contribution < -0.4 is 21.3 Å². The van der Waals surface area contributed by atoms with Crippen molar-refractivity contribution in [1.29, 1.82) is 0 Å². The van der Waals surface area contributed by atoms with E-state index in [-0.39, 0.29) is 50.0 Å². The highest BCUT2D eigenvalue weighted by Gasteiger charge is 2.43. The van der Waals surface area contributed by atoms with E-state index in [9.17, 15) is 48.3 Å². The number of nitrogens with zero attached hydrogens (tertiary/aromatic N) is 7. The maximum atomic E-state index is 15.1. The fourth-order valence-electron chi connectivity index (χ4n) is 10.8. The van der Waals surface area contributed by atoms with Gasteiger partial charge in [0.15, 0.2) is 0 Å². The summed E-state index contributed by atoms with van der Waals surface area (Å²) < 4.78 is 6.12. The number of carbonyl (C=O) groups is 11. The molecule has 2 fully saturated rings. The molecule has 2 saturated heterocycles. The summed E-state index contributed by atoms with van der Waals surface area (Å²) in [6, 6.07) is -2.51. The molecule has 0 aromatic heterocycles. The Kier molecular flexibility index (Phi) is 29.5. The van der Waals surface area contributed by atoms with Crippen LogP contribution in [-0.4, -0.2) is 239 Å². The predicted octanol–water partition coefficient (Wildman–Crippen LogP) is 2.58. The number of hydrogen-bond acceptors (Lipinski definition) is 13. The molecule has 24 nitrogen and oxygen atoms in total. The maximum absolute atomic E-state index is 15.1. The van der Waals surface area contributed by atoms with E-state index in [1.165, 1.54) is 70.8 Å². The number of piperidine rings is 1. The summed E-state index contributed by atoms with van der Waals surface area (Å²) in [6.45, 7) is 22.4. The lowest BCUT2D eigenvalue weighted by atomic mass is 9.95. The molecule has 0 bridgehead atoms. The number of ether oxygens (including phenoxy) is 1. The molecule has 88 heavy (non-hydrogen) atoms. The molecule has 1 aromatic rings. The smallest absolute Gasteiger partial charge is 0.248 e. The number of hydrogen-bond donors (Lipinski definition) is 5. The summed E-state index contributed by atoms with van der Waals surface area (Å²) in [5, 5.41) is 22.2. The van der Waals surface area contributed by atoms with Crippen molar-refractivity contribution >= 4 is 65.0 Å². The first kappa shape index (κ1) is 75.6. The number of amides is 11. The van der Waals surface area contributed by atoms with Crippen molar-refractivity contribution in [3.8, 4) is 0 Å². The Hall–Kier alpha value is -6.69. The van der Waals surface area contributed by atoms with Gasteiger partial charge < -0.3 is 65.4 Å². The second-order valence-electron chi connectivity index (χ2n) is 26.5. The monoisotopic (exact) mass is 1240 g/mol. The average molecular weight is 1240 g/mol. The van der Waals surface area contributed by atoms with E-state index in [0.29, 0.717) is 37.9 Å². The number of nitrogens with one attached hydrogen (secondary N) is 4. The molecule has 2 aliphatic rings. The van der Waals surface area contributed by atoms with Crippen molar-refractivity contribution in [2.75, 3.05) is 68.5 Å². The van der Waals surface area contributed by atoms with Crippen molar-refractivity contribution in [1.82, 2.24) is 55.6 Å². The molecule has 5 N–H and O–H groups in total. The molecule has 0 unspecified atom stereocenters. The van der Waals surface area contributed by atoms with E-state index in [2.05, 4.69) is 21.3 Å². The Morgan fingerprint density at radius 3 is 1.72 bits per heavy atom. The van der Waals surface area contributed by atoms with Crippen LogP contribution in [0.5, 0.6) is 0 Å². The molecule has 2 heterocycles. The van der Waals surface area contributed by atoms with Crippen LogP contribution in [-0.2, 0) is 63.9 Å². The lowest BCUT2D eigenvalue weighted by molar-refractivity contribution is -0.152. The number of likely N-dealkylation sites (tertiary alicyclic amines) is 1. The van der Waals surface area contributed by atoms with Gasteiger partial charge in [0.05, 0.1) is 31.3 Å². The van der Waals surface area contributed by atoms with E-state index >= 15 is 9.59 Å². The summed E-state index contributed by atoms with van der Waals surface area (Å²) >= 11 is 0. The van der Waals surface area contributed by atoms with Crippen LogP contribution in [0.2, 0.25) is 0 Å². The summed E-state index contributed by atoms with van der Waals surface area (Å²) in [4.78, 5) is 170. The number of aliphatic hydroxyl groups is 1. The minimum Gasteiger partial charge on any atom is -0.391 e. The molecule has 11 amide bonds. The van der Waals surface area contributed by atoms with Gasteiger partial charge in [0, 0.05) is 74.3 Å². The van der Waals surface area contributed by atoms with Crippen molar-refractivity contribution < 1.29 is 62.6 Å². The van der Waals surface area contributed by atoms with Crippen molar-refractivity contribution in [2.45, 2.75) is 214 Å². The number of carbonyl (C=O) groups excluding carboxylic acids is 11. The van der Waals surface area contributed by atoms with E-state index in [0.717, 1.165) is 21.1 Å². The van der Waals surface area contributed by atoms with Gasteiger partial charge in [-0.2, -0.15) is 0 Å². The number of aliphatic hydroxyl groups excluding tert-OH is 1. The molecular weight excluding hydrogens is 1130 g/mol. The van der Waals surface area contributed by atoms with Gasteiger partial charge >= 0.3 is 0 Å². The fourth-order valence-corrected chi connectivity index (χ4v) is 10.8. The highest BCUT2D eigenvalue weighted by molar-refractivity contribution is 5.99. The first-order chi connectivity index (χ1) is 40.9. The van der Waals surface area contributed by atoms with Gasteiger partial charge in [-0.1, -0.05) is 92.1 Å². The molecule has 2 aliphatic heterocycles. The number of likely N-dealkylation sites (N-methyl/N-ethyl adjacent to an activating group) is 6. The lowest BCUT2D eigenvalue weighted by Crippen LogP contribution is -2.62. The van der Waals surface area contributed by atoms with Gasteiger partial charge in [-0.3, -0.25) is 52.7 Å². The number of benzene rings is 1. The molecular formula is C64H107N11O13. The maximum Gasteiger partial charge on any atom is 0.248 e.